The van der Waals surface area contributed by atoms with Crippen molar-refractivity contribution in [3.05, 3.63) is 96.1 Å². The van der Waals surface area contributed by atoms with Gasteiger partial charge in [-0.2, -0.15) is 29.8 Å². The van der Waals surface area contributed by atoms with Gasteiger partial charge in [0.15, 0.2) is 0 Å². The van der Waals surface area contributed by atoms with Crippen molar-refractivity contribution in [3.63, 3.8) is 0 Å². The van der Waals surface area contributed by atoms with Crippen molar-refractivity contribution < 1.29 is 40.0 Å². The summed E-state index contributed by atoms with van der Waals surface area (Å²) in [4.78, 5) is 0. The molecule has 157 valence electrons. The normalized spacial score (nSPS) is 12.7. The van der Waals surface area contributed by atoms with Crippen molar-refractivity contribution in [1.82, 2.24) is 4.57 Å². The molecule has 0 amide bonds. The number of benzene rings is 3. The van der Waals surface area contributed by atoms with Crippen molar-refractivity contribution in [2.45, 2.75) is 27.1 Å². The Morgan fingerprint density at radius 3 is 2.56 bits per heavy atom. The van der Waals surface area contributed by atoms with E-state index in [-0.39, 0.29) is 38.6 Å². The average Bonchev–Trinajstić information content (AvgIpc) is 3.20. The van der Waals surface area contributed by atoms with Crippen LogP contribution in [0.2, 0.25) is 0 Å². The first-order chi connectivity index (χ1) is 15.8. The fourth-order valence-corrected chi connectivity index (χ4v) is 4.38. The third-order valence-corrected chi connectivity index (χ3v) is 5.76. The van der Waals surface area contributed by atoms with Gasteiger partial charge in [-0.3, -0.25) is 4.57 Å². The molecule has 2 nitrogen and oxygen atoms in total. The first kappa shape index (κ1) is 20.3. The number of nitrogens with zero attached hydrogens (tertiary/aromatic N) is 2. The Hall–Kier alpha value is -2.29. The van der Waals surface area contributed by atoms with Crippen LogP contribution in [0.5, 0.6) is 0 Å². The molecular formula is C29H27N2Y-. The van der Waals surface area contributed by atoms with Gasteiger partial charge in [0.25, 0.3) is 5.82 Å². The molecule has 0 aliphatic heterocycles. The molecule has 5 aromatic rings. The zero-order valence-electron chi connectivity index (χ0n) is 21.0. The topological polar surface area (TPSA) is 8.81 Å². The maximum absolute atomic E-state index is 8.69. The molecule has 2 heterocycles. The molecule has 32 heavy (non-hydrogen) atoms. The smallest absolute Gasteiger partial charge is 0.268 e. The Morgan fingerprint density at radius 2 is 1.81 bits per heavy atom. The molecule has 0 saturated heterocycles. The van der Waals surface area contributed by atoms with Crippen LogP contribution in [-0.4, -0.2) is 4.57 Å². The maximum Gasteiger partial charge on any atom is 0.268 e. The molecule has 1 radical (unpaired) electrons. The summed E-state index contributed by atoms with van der Waals surface area (Å²) in [6.07, 6.45) is -1.41. The Kier molecular flexibility index (Phi) is 5.90. The summed E-state index contributed by atoms with van der Waals surface area (Å²) < 4.78 is 21.8. The van der Waals surface area contributed by atoms with Gasteiger partial charge < -0.3 is 0 Å². The first-order valence-electron chi connectivity index (χ1n) is 11.7. The van der Waals surface area contributed by atoms with E-state index in [0.717, 1.165) is 44.4 Å². The second kappa shape index (κ2) is 9.29. The molecule has 5 rings (SSSR count). The number of hydrogen-bond donors (Lipinski definition) is 0. The SMILES string of the molecule is [2H]C([2H])(c1cccc2c1ccc(-n1c(-c3[c-]cccc3)[c-]c3cccc(C)c31)[n+]2C)C(C)C.[Y]. The molecule has 0 saturated carbocycles. The summed E-state index contributed by atoms with van der Waals surface area (Å²) in [6, 6.07) is 31.3. The van der Waals surface area contributed by atoms with Gasteiger partial charge in [0.1, 0.15) is 5.52 Å². The van der Waals surface area contributed by atoms with Gasteiger partial charge in [-0.15, -0.1) is 29.7 Å². The Bertz CT molecular complexity index is 1490. The first-order valence-corrected chi connectivity index (χ1v) is 10.7. The van der Waals surface area contributed by atoms with Crippen molar-refractivity contribution in [1.29, 1.82) is 0 Å². The molecule has 2 aromatic heterocycles. The van der Waals surface area contributed by atoms with Crippen molar-refractivity contribution >= 4 is 21.8 Å². The Balaban J connectivity index is 0.00000274. The molecule has 0 aliphatic carbocycles. The minimum Gasteiger partial charge on any atom is -0.291 e. The van der Waals surface area contributed by atoms with Gasteiger partial charge in [-0.05, 0) is 48.2 Å². The van der Waals surface area contributed by atoms with E-state index in [2.05, 4.69) is 77.7 Å². The van der Waals surface area contributed by atoms with E-state index >= 15 is 0 Å². The van der Waals surface area contributed by atoms with E-state index in [0.29, 0.717) is 0 Å². The van der Waals surface area contributed by atoms with Crippen LogP contribution in [0.1, 0.15) is 27.7 Å². The fraction of sp³-hybridized carbons (Fsp3) is 0.207. The van der Waals surface area contributed by atoms with Gasteiger partial charge in [0.2, 0.25) is 0 Å². The predicted octanol–water partition coefficient (Wildman–Crippen LogP) is 6.38. The van der Waals surface area contributed by atoms with Crippen LogP contribution in [0.15, 0.2) is 72.8 Å². The van der Waals surface area contributed by atoms with Crippen LogP contribution >= 0.6 is 0 Å². The minimum absolute atomic E-state index is 0. The molecular weight excluding hydrogens is 465 g/mol. The summed E-state index contributed by atoms with van der Waals surface area (Å²) in [5, 5.41) is 2.00. The molecule has 0 unspecified atom stereocenters. The third-order valence-electron chi connectivity index (χ3n) is 5.76. The number of pyridine rings is 1. The molecule has 0 fully saturated rings. The number of rotatable bonds is 4. The van der Waals surface area contributed by atoms with E-state index in [4.69, 9.17) is 2.74 Å². The average molecular weight is 494 g/mol. The van der Waals surface area contributed by atoms with Crippen LogP contribution in [0.3, 0.4) is 0 Å². The zero-order valence-corrected chi connectivity index (χ0v) is 21.8. The van der Waals surface area contributed by atoms with Crippen LogP contribution in [0.4, 0.5) is 0 Å². The second-order valence-corrected chi connectivity index (χ2v) is 8.34. The number of fused-ring (bicyclic) bond motifs is 2. The van der Waals surface area contributed by atoms with Gasteiger partial charge in [0.05, 0.1) is 12.6 Å². The number of hydrogen-bond acceptors (Lipinski definition) is 0. The summed E-state index contributed by atoms with van der Waals surface area (Å²) in [5.41, 5.74) is 5.97. The van der Waals surface area contributed by atoms with E-state index in [1.165, 1.54) is 5.56 Å². The quantitative estimate of drug-likeness (QED) is 0.203. The van der Waals surface area contributed by atoms with Gasteiger partial charge >= 0.3 is 0 Å². The third kappa shape index (κ3) is 3.96. The summed E-state index contributed by atoms with van der Waals surface area (Å²) in [7, 11) is 2.05. The van der Waals surface area contributed by atoms with Gasteiger partial charge in [-0.1, -0.05) is 32.0 Å². The maximum atomic E-state index is 8.69. The van der Waals surface area contributed by atoms with E-state index in [1.807, 2.05) is 44.2 Å². The molecule has 3 heteroatoms. The number of para-hydroxylation sites is 1. The van der Waals surface area contributed by atoms with Gasteiger partial charge in [0, 0.05) is 46.9 Å². The monoisotopic (exact) mass is 494 g/mol. The van der Waals surface area contributed by atoms with Crippen LogP contribution in [-0.2, 0) is 46.1 Å². The van der Waals surface area contributed by atoms with Gasteiger partial charge in [-0.25, -0.2) is 4.57 Å². The molecule has 0 spiro atoms. The number of aromatic nitrogens is 2. The molecule has 3 aromatic carbocycles. The standard InChI is InChI=1S/C29H27N2.Y/c1-20(2)18-23-13-9-15-26-25(23)16-17-28(30(26)4)31-27(22-11-6-5-7-12-22)19-24-14-8-10-21(3)29(24)31;/h5-11,13-17,20H,18H2,1-4H3;/q-1;/i18D2;. The van der Waals surface area contributed by atoms with Crippen LogP contribution in [0, 0.1) is 25.0 Å². The largest absolute Gasteiger partial charge is 0.291 e. The van der Waals surface area contributed by atoms with Crippen LogP contribution < -0.4 is 4.57 Å². The van der Waals surface area contributed by atoms with Crippen LogP contribution in [0.25, 0.3) is 38.9 Å². The second-order valence-electron chi connectivity index (χ2n) is 8.34. The summed E-state index contributed by atoms with van der Waals surface area (Å²) >= 11 is 0. The molecule has 0 aliphatic rings. The molecule has 0 atom stereocenters. The minimum atomic E-state index is -1.41. The molecule has 0 N–H and O–H groups in total. The van der Waals surface area contributed by atoms with Crippen molar-refractivity contribution in [3.8, 4) is 17.1 Å². The van der Waals surface area contributed by atoms with E-state index < -0.39 is 6.37 Å². The van der Waals surface area contributed by atoms with Crippen molar-refractivity contribution in [2.24, 2.45) is 13.0 Å². The van der Waals surface area contributed by atoms with Crippen molar-refractivity contribution in [2.75, 3.05) is 0 Å². The fourth-order valence-electron chi connectivity index (χ4n) is 4.38. The zero-order chi connectivity index (χ0) is 23.3. The Morgan fingerprint density at radius 1 is 1.00 bits per heavy atom. The summed E-state index contributed by atoms with van der Waals surface area (Å²) in [5.74, 6) is 0.872. The number of aryl methyl sites for hydroxylation is 2. The Labute approximate surface area is 218 Å². The molecule has 0 bridgehead atoms. The van der Waals surface area contributed by atoms with E-state index in [9.17, 15) is 0 Å². The predicted molar refractivity (Wildman–Crippen MR) is 128 cm³/mol. The van der Waals surface area contributed by atoms with E-state index in [1.54, 1.807) is 0 Å². The summed E-state index contributed by atoms with van der Waals surface area (Å²) in [6.45, 7) is 5.99.